The second-order valence-corrected chi connectivity index (χ2v) is 7.99. The van der Waals surface area contributed by atoms with Crippen molar-refractivity contribution < 1.29 is 13.9 Å². The van der Waals surface area contributed by atoms with E-state index in [2.05, 4.69) is 20.3 Å². The van der Waals surface area contributed by atoms with Gasteiger partial charge >= 0.3 is 0 Å². The summed E-state index contributed by atoms with van der Waals surface area (Å²) in [6, 6.07) is 11.7. The number of aryl methyl sites for hydroxylation is 3. The summed E-state index contributed by atoms with van der Waals surface area (Å²) in [6.45, 7) is 6.16. The predicted molar refractivity (Wildman–Crippen MR) is 119 cm³/mol. The van der Waals surface area contributed by atoms with E-state index in [4.69, 9.17) is 4.74 Å². The van der Waals surface area contributed by atoms with Crippen LogP contribution in [0.5, 0.6) is 5.75 Å². The number of carbonyl (C=O) groups is 1. The highest BCUT2D eigenvalue weighted by atomic mass is 19.1. The van der Waals surface area contributed by atoms with E-state index in [0.717, 1.165) is 41.3 Å². The van der Waals surface area contributed by atoms with Gasteiger partial charge in [0.15, 0.2) is 18.2 Å². The third-order valence-electron chi connectivity index (χ3n) is 5.31. The molecule has 1 atom stereocenters. The first-order valence-electron chi connectivity index (χ1n) is 10.6. The van der Waals surface area contributed by atoms with Gasteiger partial charge in [-0.2, -0.15) is 0 Å². The molecule has 1 aromatic carbocycles. The fourth-order valence-electron chi connectivity index (χ4n) is 4.00. The number of aromatic nitrogens is 3. The summed E-state index contributed by atoms with van der Waals surface area (Å²) < 4.78 is 19.2. The van der Waals surface area contributed by atoms with Gasteiger partial charge in [0.25, 0.3) is 5.91 Å². The Balaban J connectivity index is 1.50. The van der Waals surface area contributed by atoms with E-state index in [1.807, 2.05) is 39.0 Å². The fraction of sp³-hybridized carbons (Fsp3) is 0.333. The Kier molecular flexibility index (Phi) is 6.30. The maximum absolute atomic E-state index is 13.8. The molecule has 0 spiro atoms. The molecule has 166 valence electrons. The van der Waals surface area contributed by atoms with Crippen molar-refractivity contribution in [1.29, 1.82) is 0 Å². The summed E-state index contributed by atoms with van der Waals surface area (Å²) in [5, 5.41) is 3.26. The molecule has 0 aliphatic carbocycles. The maximum Gasteiger partial charge on any atom is 0.261 e. The second kappa shape index (κ2) is 9.30. The van der Waals surface area contributed by atoms with E-state index in [0.29, 0.717) is 12.5 Å². The predicted octanol–water partition coefficient (Wildman–Crippen LogP) is 4.42. The molecular formula is C24H26FN5O2. The Morgan fingerprint density at radius 3 is 2.56 bits per heavy atom. The monoisotopic (exact) mass is 435 g/mol. The standard InChI is InChI=1S/C24H26FN5O2/c1-15-11-16(2)28-24(27-15)29-18-12-17(3)26-20(13-18)21-8-6-10-30(21)23(31)14-32-22-9-5-4-7-19(22)25/h4-5,7,9,11-13,21H,6,8,10,14H2,1-3H3,(H,26,27,28,29)/t21-/m1/s1. The molecule has 7 nitrogen and oxygen atoms in total. The minimum atomic E-state index is -0.483. The van der Waals surface area contributed by atoms with Gasteiger partial charge in [-0.05, 0) is 63.9 Å². The number of likely N-dealkylation sites (tertiary alicyclic amines) is 1. The van der Waals surface area contributed by atoms with Crippen molar-refractivity contribution in [2.24, 2.45) is 0 Å². The summed E-state index contributed by atoms with van der Waals surface area (Å²) in [5.74, 6) is -0.0731. The average Bonchev–Trinajstić information content (AvgIpc) is 3.22. The zero-order valence-electron chi connectivity index (χ0n) is 18.4. The number of hydrogen-bond donors (Lipinski definition) is 1. The first kappa shape index (κ1) is 21.7. The summed E-state index contributed by atoms with van der Waals surface area (Å²) in [4.78, 5) is 28.2. The lowest BCUT2D eigenvalue weighted by atomic mass is 10.1. The van der Waals surface area contributed by atoms with Crippen LogP contribution in [0, 0.1) is 26.6 Å². The second-order valence-electron chi connectivity index (χ2n) is 7.99. The van der Waals surface area contributed by atoms with E-state index in [9.17, 15) is 9.18 Å². The zero-order valence-corrected chi connectivity index (χ0v) is 18.4. The summed E-state index contributed by atoms with van der Waals surface area (Å²) >= 11 is 0. The lowest BCUT2D eigenvalue weighted by Gasteiger charge is -2.25. The molecule has 1 aliphatic rings. The third-order valence-corrected chi connectivity index (χ3v) is 5.31. The van der Waals surface area contributed by atoms with Gasteiger partial charge in [-0.25, -0.2) is 14.4 Å². The fourth-order valence-corrected chi connectivity index (χ4v) is 4.00. The van der Waals surface area contributed by atoms with Crippen LogP contribution in [-0.2, 0) is 4.79 Å². The van der Waals surface area contributed by atoms with Crippen molar-refractivity contribution in [1.82, 2.24) is 19.9 Å². The normalized spacial score (nSPS) is 15.6. The molecule has 4 rings (SSSR count). The van der Waals surface area contributed by atoms with Gasteiger partial charge in [-0.1, -0.05) is 12.1 Å². The Morgan fingerprint density at radius 1 is 1.09 bits per heavy atom. The SMILES string of the molecule is Cc1cc(Nc2nc(C)cc(C)n2)cc([C@H]2CCCN2C(=O)COc2ccccc2F)n1. The number of halogens is 1. The van der Waals surface area contributed by atoms with Crippen LogP contribution >= 0.6 is 0 Å². The van der Waals surface area contributed by atoms with Crippen LogP contribution in [0.3, 0.4) is 0 Å². The van der Waals surface area contributed by atoms with Crippen LogP contribution in [-0.4, -0.2) is 38.9 Å². The molecule has 1 saturated heterocycles. The van der Waals surface area contributed by atoms with Gasteiger partial charge in [-0.3, -0.25) is 9.78 Å². The van der Waals surface area contributed by atoms with Crippen LogP contribution in [0.1, 0.15) is 41.7 Å². The topological polar surface area (TPSA) is 80.2 Å². The van der Waals surface area contributed by atoms with Gasteiger partial charge < -0.3 is 15.0 Å². The Hall–Kier alpha value is -3.55. The van der Waals surface area contributed by atoms with Crippen LogP contribution in [0.2, 0.25) is 0 Å². The molecule has 0 bridgehead atoms. The Labute approximate surface area is 186 Å². The molecule has 3 aromatic rings. The molecule has 0 radical (unpaired) electrons. The summed E-state index contributed by atoms with van der Waals surface area (Å²) in [6.07, 6.45) is 1.68. The number of nitrogens with one attached hydrogen (secondary N) is 1. The number of anilines is 2. The van der Waals surface area contributed by atoms with Crippen molar-refractivity contribution in [3.05, 3.63) is 71.1 Å². The van der Waals surface area contributed by atoms with Crippen LogP contribution < -0.4 is 10.1 Å². The minimum Gasteiger partial charge on any atom is -0.481 e. The van der Waals surface area contributed by atoms with Crippen molar-refractivity contribution in [3.8, 4) is 5.75 Å². The molecule has 3 heterocycles. The van der Waals surface area contributed by atoms with E-state index in [1.165, 1.54) is 12.1 Å². The highest BCUT2D eigenvalue weighted by Crippen LogP contribution is 2.33. The molecule has 1 aliphatic heterocycles. The highest BCUT2D eigenvalue weighted by Gasteiger charge is 2.31. The van der Waals surface area contributed by atoms with Gasteiger partial charge in [0.2, 0.25) is 5.95 Å². The van der Waals surface area contributed by atoms with Crippen LogP contribution in [0.25, 0.3) is 0 Å². The Morgan fingerprint density at radius 2 is 1.81 bits per heavy atom. The summed E-state index contributed by atoms with van der Waals surface area (Å²) in [5.41, 5.74) is 4.21. The number of benzene rings is 1. The number of para-hydroxylation sites is 1. The van der Waals surface area contributed by atoms with E-state index in [1.54, 1.807) is 17.0 Å². The molecule has 1 amide bonds. The van der Waals surface area contributed by atoms with E-state index in [-0.39, 0.29) is 24.3 Å². The molecule has 2 aromatic heterocycles. The number of rotatable bonds is 6. The van der Waals surface area contributed by atoms with E-state index >= 15 is 0 Å². The van der Waals surface area contributed by atoms with Gasteiger partial charge in [-0.15, -0.1) is 0 Å². The molecule has 8 heteroatoms. The number of nitrogens with zero attached hydrogens (tertiary/aromatic N) is 4. The average molecular weight is 436 g/mol. The molecule has 0 saturated carbocycles. The number of carbonyl (C=O) groups excluding carboxylic acids is 1. The minimum absolute atomic E-state index is 0.0743. The molecule has 32 heavy (non-hydrogen) atoms. The van der Waals surface area contributed by atoms with Gasteiger partial charge in [0, 0.05) is 29.3 Å². The smallest absolute Gasteiger partial charge is 0.261 e. The van der Waals surface area contributed by atoms with E-state index < -0.39 is 5.82 Å². The number of hydrogen-bond acceptors (Lipinski definition) is 6. The summed E-state index contributed by atoms with van der Waals surface area (Å²) in [7, 11) is 0. The zero-order chi connectivity index (χ0) is 22.7. The molecule has 1 fully saturated rings. The van der Waals surface area contributed by atoms with Crippen molar-refractivity contribution >= 4 is 17.5 Å². The number of pyridine rings is 1. The largest absolute Gasteiger partial charge is 0.481 e. The first-order chi connectivity index (χ1) is 15.4. The van der Waals surface area contributed by atoms with Crippen LogP contribution in [0.15, 0.2) is 42.5 Å². The molecule has 1 N–H and O–H groups in total. The van der Waals surface area contributed by atoms with Gasteiger partial charge in [0.05, 0.1) is 11.7 Å². The molecular weight excluding hydrogens is 409 g/mol. The quantitative estimate of drug-likeness (QED) is 0.617. The lowest BCUT2D eigenvalue weighted by Crippen LogP contribution is -2.35. The van der Waals surface area contributed by atoms with Crippen molar-refractivity contribution in [2.45, 2.75) is 39.7 Å². The van der Waals surface area contributed by atoms with Crippen molar-refractivity contribution in [2.75, 3.05) is 18.5 Å². The maximum atomic E-state index is 13.8. The van der Waals surface area contributed by atoms with Gasteiger partial charge in [0.1, 0.15) is 0 Å². The number of amides is 1. The Bertz CT molecular complexity index is 1120. The first-order valence-corrected chi connectivity index (χ1v) is 10.6. The molecule has 0 unspecified atom stereocenters. The highest BCUT2D eigenvalue weighted by molar-refractivity contribution is 5.78. The lowest BCUT2D eigenvalue weighted by molar-refractivity contribution is -0.134. The van der Waals surface area contributed by atoms with Crippen molar-refractivity contribution in [3.63, 3.8) is 0 Å². The third kappa shape index (κ3) is 5.01. The van der Waals surface area contributed by atoms with Crippen LogP contribution in [0.4, 0.5) is 16.0 Å². The number of ether oxygens (including phenoxy) is 1.